The Morgan fingerprint density at radius 1 is 1.42 bits per heavy atom. The second kappa shape index (κ2) is 8.40. The van der Waals surface area contributed by atoms with Gasteiger partial charge in [-0.2, -0.15) is 10.1 Å². The van der Waals surface area contributed by atoms with E-state index in [9.17, 15) is 9.18 Å². The Kier molecular flexibility index (Phi) is 5.98. The highest BCUT2D eigenvalue weighted by atomic mass is 19.1. The van der Waals surface area contributed by atoms with Gasteiger partial charge in [0.05, 0.1) is 0 Å². The molecule has 1 aliphatic rings. The largest absolute Gasteiger partial charge is 0.317 e. The van der Waals surface area contributed by atoms with Crippen LogP contribution < -0.4 is 10.6 Å². The maximum Gasteiger partial charge on any atom is 0.227 e. The van der Waals surface area contributed by atoms with Crippen molar-refractivity contribution in [2.75, 3.05) is 18.4 Å². The molecule has 2 N–H and O–H groups in total. The summed E-state index contributed by atoms with van der Waals surface area (Å²) in [5, 5.41) is 10.7. The Balaban J connectivity index is 1.55. The van der Waals surface area contributed by atoms with Crippen LogP contribution >= 0.6 is 0 Å². The lowest BCUT2D eigenvalue weighted by Crippen LogP contribution is -2.27. The van der Waals surface area contributed by atoms with Gasteiger partial charge in [0.2, 0.25) is 11.9 Å². The number of hydrogen-bond acceptors (Lipinski definition) is 4. The summed E-state index contributed by atoms with van der Waals surface area (Å²) >= 11 is 0. The van der Waals surface area contributed by atoms with Crippen LogP contribution in [-0.4, -0.2) is 33.8 Å². The summed E-state index contributed by atoms with van der Waals surface area (Å²) in [4.78, 5) is 16.9. The molecular formula is C19H26FN5O. The summed E-state index contributed by atoms with van der Waals surface area (Å²) in [5.74, 6) is 1.40. The van der Waals surface area contributed by atoms with Crippen molar-refractivity contribution in [3.63, 3.8) is 0 Å². The average Bonchev–Trinajstić information content (AvgIpc) is 2.96. The molecule has 1 unspecified atom stereocenters. The molecule has 2 aromatic rings. The van der Waals surface area contributed by atoms with Crippen LogP contribution in [0.1, 0.15) is 43.5 Å². The van der Waals surface area contributed by atoms with Gasteiger partial charge in [0.15, 0.2) is 5.82 Å². The van der Waals surface area contributed by atoms with Crippen molar-refractivity contribution in [1.82, 2.24) is 20.1 Å². The molecule has 7 heteroatoms. The van der Waals surface area contributed by atoms with Gasteiger partial charge in [-0.25, -0.2) is 9.07 Å². The number of nitrogens with one attached hydrogen (secondary N) is 2. The van der Waals surface area contributed by atoms with Crippen LogP contribution in [0.5, 0.6) is 0 Å². The smallest absolute Gasteiger partial charge is 0.227 e. The molecule has 2 heterocycles. The van der Waals surface area contributed by atoms with Crippen LogP contribution in [0.3, 0.4) is 0 Å². The van der Waals surface area contributed by atoms with Crippen LogP contribution in [0.15, 0.2) is 24.3 Å². The molecule has 1 aromatic carbocycles. The molecule has 1 aromatic heterocycles. The van der Waals surface area contributed by atoms with Gasteiger partial charge in [-0.05, 0) is 56.0 Å². The van der Waals surface area contributed by atoms with E-state index in [2.05, 4.69) is 20.7 Å². The molecule has 6 nitrogen and oxygen atoms in total. The number of piperidine rings is 1. The monoisotopic (exact) mass is 359 g/mol. The lowest BCUT2D eigenvalue weighted by Gasteiger charge is -2.19. The molecule has 0 radical (unpaired) electrons. The molecule has 0 spiro atoms. The Morgan fingerprint density at radius 3 is 2.92 bits per heavy atom. The van der Waals surface area contributed by atoms with Crippen LogP contribution in [0.2, 0.25) is 0 Å². The van der Waals surface area contributed by atoms with E-state index in [4.69, 9.17) is 0 Å². The van der Waals surface area contributed by atoms with Gasteiger partial charge in [-0.15, -0.1) is 0 Å². The third-order valence-electron chi connectivity index (χ3n) is 4.74. The van der Waals surface area contributed by atoms with E-state index < -0.39 is 0 Å². The van der Waals surface area contributed by atoms with Gasteiger partial charge in [-0.1, -0.05) is 19.1 Å². The molecule has 1 fully saturated rings. The lowest BCUT2D eigenvalue weighted by molar-refractivity contribution is -0.117. The fourth-order valence-electron chi connectivity index (χ4n) is 3.40. The SMILES string of the molecule is CC(CC(=O)Nc1nc(C2CCNCC2)nn1C)Cc1cccc(F)c1. The van der Waals surface area contributed by atoms with E-state index in [1.807, 2.05) is 13.0 Å². The van der Waals surface area contributed by atoms with Crippen molar-refractivity contribution in [2.24, 2.45) is 13.0 Å². The van der Waals surface area contributed by atoms with Crippen molar-refractivity contribution in [3.8, 4) is 0 Å². The fourth-order valence-corrected chi connectivity index (χ4v) is 3.40. The van der Waals surface area contributed by atoms with E-state index in [1.54, 1.807) is 17.8 Å². The topological polar surface area (TPSA) is 71.8 Å². The van der Waals surface area contributed by atoms with Gasteiger partial charge in [0.1, 0.15) is 5.82 Å². The van der Waals surface area contributed by atoms with E-state index in [0.717, 1.165) is 37.3 Å². The highest BCUT2D eigenvalue weighted by Gasteiger charge is 2.21. The molecule has 0 saturated carbocycles. The molecule has 1 aliphatic heterocycles. The zero-order valence-electron chi connectivity index (χ0n) is 15.3. The van der Waals surface area contributed by atoms with Crippen molar-refractivity contribution in [2.45, 2.75) is 38.5 Å². The summed E-state index contributed by atoms with van der Waals surface area (Å²) in [6, 6.07) is 6.52. The first-order valence-corrected chi connectivity index (χ1v) is 9.17. The summed E-state index contributed by atoms with van der Waals surface area (Å²) < 4.78 is 14.9. The zero-order valence-corrected chi connectivity index (χ0v) is 15.3. The number of halogens is 1. The maximum atomic E-state index is 13.3. The molecule has 140 valence electrons. The van der Waals surface area contributed by atoms with Crippen LogP contribution in [-0.2, 0) is 18.3 Å². The summed E-state index contributed by atoms with van der Waals surface area (Å²) in [6.07, 6.45) is 3.04. The van der Waals surface area contributed by atoms with E-state index >= 15 is 0 Å². The normalized spacial score (nSPS) is 16.4. The minimum Gasteiger partial charge on any atom is -0.317 e. The van der Waals surface area contributed by atoms with Crippen LogP contribution in [0, 0.1) is 11.7 Å². The Bertz CT molecular complexity index is 754. The number of carbonyl (C=O) groups excluding carboxylic acids is 1. The predicted octanol–water partition coefficient (Wildman–Crippen LogP) is 2.63. The number of hydrogen-bond donors (Lipinski definition) is 2. The molecule has 1 atom stereocenters. The minimum atomic E-state index is -0.247. The molecule has 1 amide bonds. The molecule has 26 heavy (non-hydrogen) atoms. The van der Waals surface area contributed by atoms with E-state index in [0.29, 0.717) is 24.7 Å². The number of aromatic nitrogens is 3. The van der Waals surface area contributed by atoms with Crippen LogP contribution in [0.25, 0.3) is 0 Å². The van der Waals surface area contributed by atoms with Gasteiger partial charge >= 0.3 is 0 Å². The van der Waals surface area contributed by atoms with Crippen molar-refractivity contribution in [1.29, 1.82) is 0 Å². The summed E-state index contributed by atoms with van der Waals surface area (Å²) in [7, 11) is 1.80. The number of anilines is 1. The lowest BCUT2D eigenvalue weighted by atomic mass is 9.97. The summed E-state index contributed by atoms with van der Waals surface area (Å²) in [5.41, 5.74) is 0.900. The second-order valence-corrected chi connectivity index (χ2v) is 7.13. The quantitative estimate of drug-likeness (QED) is 0.832. The van der Waals surface area contributed by atoms with E-state index in [-0.39, 0.29) is 17.6 Å². The Morgan fingerprint density at radius 2 is 2.19 bits per heavy atom. The molecule has 3 rings (SSSR count). The number of benzene rings is 1. The second-order valence-electron chi connectivity index (χ2n) is 7.13. The van der Waals surface area contributed by atoms with Gasteiger partial charge < -0.3 is 5.32 Å². The first-order valence-electron chi connectivity index (χ1n) is 9.17. The summed E-state index contributed by atoms with van der Waals surface area (Å²) in [6.45, 7) is 3.94. The van der Waals surface area contributed by atoms with Gasteiger partial charge in [-0.3, -0.25) is 10.1 Å². The highest BCUT2D eigenvalue weighted by Crippen LogP contribution is 2.23. The van der Waals surface area contributed by atoms with Crippen molar-refractivity contribution >= 4 is 11.9 Å². The fraction of sp³-hybridized carbons (Fsp3) is 0.526. The molecular weight excluding hydrogens is 333 g/mol. The number of aryl methyl sites for hydroxylation is 1. The molecule has 1 saturated heterocycles. The standard InChI is InChI=1S/C19H26FN5O/c1-13(10-14-4-3-5-16(20)12-14)11-17(26)22-19-23-18(24-25(19)2)15-6-8-21-9-7-15/h3-5,12-13,15,21H,6-11H2,1-2H3,(H,22,23,24,26). The van der Waals surface area contributed by atoms with Crippen molar-refractivity contribution in [3.05, 3.63) is 41.5 Å². The number of amides is 1. The third kappa shape index (κ3) is 4.88. The first-order chi connectivity index (χ1) is 12.5. The first kappa shape index (κ1) is 18.5. The van der Waals surface area contributed by atoms with Gasteiger partial charge in [0, 0.05) is 19.4 Å². The molecule has 0 bridgehead atoms. The highest BCUT2D eigenvalue weighted by molar-refractivity contribution is 5.89. The third-order valence-corrected chi connectivity index (χ3v) is 4.74. The average molecular weight is 359 g/mol. The zero-order chi connectivity index (χ0) is 18.5. The molecule has 0 aliphatic carbocycles. The number of rotatable bonds is 6. The maximum absolute atomic E-state index is 13.3. The van der Waals surface area contributed by atoms with E-state index in [1.165, 1.54) is 12.1 Å². The van der Waals surface area contributed by atoms with Crippen molar-refractivity contribution < 1.29 is 9.18 Å². The minimum absolute atomic E-state index is 0.0961. The Hall–Kier alpha value is -2.28. The predicted molar refractivity (Wildman–Crippen MR) is 98.4 cm³/mol. The van der Waals surface area contributed by atoms with Crippen LogP contribution in [0.4, 0.5) is 10.3 Å². The number of nitrogens with zero attached hydrogens (tertiary/aromatic N) is 3. The Labute approximate surface area is 153 Å². The van der Waals surface area contributed by atoms with Gasteiger partial charge in [0.25, 0.3) is 0 Å². The number of carbonyl (C=O) groups is 1.